The fraction of sp³-hybridized carbons (Fsp3) is 0.333. The molecule has 1 aromatic rings. The maximum Gasteiger partial charge on any atom is 0.318 e. The Morgan fingerprint density at radius 2 is 1.78 bits per heavy atom. The summed E-state index contributed by atoms with van der Waals surface area (Å²) in [6.07, 6.45) is 0. The number of sulfone groups is 1. The highest BCUT2D eigenvalue weighted by molar-refractivity contribution is 7.91. The Bertz CT molecular complexity index is 829. The van der Waals surface area contributed by atoms with Gasteiger partial charge in [-0.1, -0.05) is 24.3 Å². The van der Waals surface area contributed by atoms with Crippen molar-refractivity contribution in [3.8, 4) is 0 Å². The molecule has 0 radical (unpaired) electrons. The molecule has 0 aromatic heterocycles. The molecule has 126 valence electrons. The highest BCUT2D eigenvalue weighted by Gasteiger charge is 2.33. The minimum atomic E-state index is -3.81. The zero-order valence-corrected chi connectivity index (χ0v) is 13.4. The van der Waals surface area contributed by atoms with Crippen LogP contribution >= 0.6 is 0 Å². The predicted octanol–water partition coefficient (Wildman–Crippen LogP) is -1.14. The smallest absolute Gasteiger partial charge is 0.318 e. The third-order valence-electron chi connectivity index (χ3n) is 3.01. The molecule has 0 unspecified atom stereocenters. The summed E-state index contributed by atoms with van der Waals surface area (Å²) >= 11 is 0. The van der Waals surface area contributed by atoms with E-state index >= 15 is 0 Å². The van der Waals surface area contributed by atoms with Crippen LogP contribution in [0.1, 0.15) is 11.1 Å². The van der Waals surface area contributed by atoms with Crippen LogP contribution in [0, 0.1) is 0 Å². The largest absolute Gasteiger partial charge is 0.480 e. The molecule has 23 heavy (non-hydrogen) atoms. The summed E-state index contributed by atoms with van der Waals surface area (Å²) in [5.41, 5.74) is 0.970. The topological polar surface area (TPSA) is 138 Å². The van der Waals surface area contributed by atoms with Crippen molar-refractivity contribution in [3.63, 3.8) is 0 Å². The molecule has 9 nitrogen and oxygen atoms in total. The van der Waals surface area contributed by atoms with E-state index in [0.717, 1.165) is 4.31 Å². The Hall–Kier alpha value is -1.98. The molecular weight excluding hydrogens is 348 g/mol. The molecule has 2 rings (SSSR count). The second-order valence-electron chi connectivity index (χ2n) is 5.04. The number of hydrogen-bond acceptors (Lipinski definition) is 6. The van der Waals surface area contributed by atoms with E-state index in [0.29, 0.717) is 11.1 Å². The minimum absolute atomic E-state index is 0.0246. The van der Waals surface area contributed by atoms with E-state index in [9.17, 15) is 26.4 Å². The first kappa shape index (κ1) is 17.4. The van der Waals surface area contributed by atoms with Crippen LogP contribution < -0.4 is 4.72 Å². The van der Waals surface area contributed by atoms with Gasteiger partial charge in [-0.3, -0.25) is 9.59 Å². The molecule has 11 heteroatoms. The van der Waals surface area contributed by atoms with Crippen molar-refractivity contribution in [1.82, 2.24) is 9.03 Å². The number of carbonyl (C=O) groups is 2. The normalized spacial score (nSPS) is 17.8. The maximum absolute atomic E-state index is 11.6. The molecule has 0 saturated carbocycles. The van der Waals surface area contributed by atoms with Gasteiger partial charge in [-0.2, -0.15) is 12.7 Å². The lowest BCUT2D eigenvalue weighted by Crippen LogP contribution is -2.29. The quantitative estimate of drug-likeness (QED) is 0.652. The van der Waals surface area contributed by atoms with Crippen LogP contribution in [0.2, 0.25) is 0 Å². The van der Waals surface area contributed by atoms with Crippen molar-refractivity contribution >= 4 is 31.9 Å². The lowest BCUT2D eigenvalue weighted by Gasteiger charge is -2.12. The standard InChI is InChI=1S/C12H14N2O7S2/c15-11-6-14(23(20,21)13-11)5-9-1-3-10(4-2-9)7-22(18,19)8-12(16)17/h1-4H,5-8H2,(H,13,15)(H,16,17). The van der Waals surface area contributed by atoms with E-state index in [1.54, 1.807) is 0 Å². The SMILES string of the molecule is O=C(O)CS(=O)(=O)Cc1ccc(CN2CC(=O)NS2(=O)=O)cc1. The molecule has 1 aliphatic rings. The number of nitrogens with one attached hydrogen (secondary N) is 1. The minimum Gasteiger partial charge on any atom is -0.480 e. The molecule has 0 spiro atoms. The van der Waals surface area contributed by atoms with Gasteiger partial charge < -0.3 is 5.11 Å². The van der Waals surface area contributed by atoms with Gasteiger partial charge >= 0.3 is 16.2 Å². The number of hydrogen-bond donors (Lipinski definition) is 2. The molecule has 0 bridgehead atoms. The van der Waals surface area contributed by atoms with Crippen LogP contribution in [-0.4, -0.2) is 50.4 Å². The van der Waals surface area contributed by atoms with Gasteiger partial charge in [0.1, 0.15) is 5.75 Å². The monoisotopic (exact) mass is 362 g/mol. The Labute approximate surface area is 133 Å². The summed E-state index contributed by atoms with van der Waals surface area (Å²) in [5.74, 6) is -3.39. The lowest BCUT2D eigenvalue weighted by molar-refractivity contribution is -0.134. The average Bonchev–Trinajstić information content (AvgIpc) is 2.62. The van der Waals surface area contributed by atoms with Crippen LogP contribution in [0.4, 0.5) is 0 Å². The highest BCUT2D eigenvalue weighted by atomic mass is 32.2. The predicted molar refractivity (Wildman–Crippen MR) is 79.0 cm³/mol. The number of carboxylic acids is 1. The molecular formula is C12H14N2O7S2. The molecule has 2 N–H and O–H groups in total. The second-order valence-corrected chi connectivity index (χ2v) is 8.78. The summed E-state index contributed by atoms with van der Waals surface area (Å²) in [6, 6.07) is 6.02. The fourth-order valence-corrected chi connectivity index (χ4v) is 4.33. The van der Waals surface area contributed by atoms with Crippen molar-refractivity contribution in [2.24, 2.45) is 0 Å². The Kier molecular flexibility index (Phi) is 4.73. The lowest BCUT2D eigenvalue weighted by atomic mass is 10.1. The van der Waals surface area contributed by atoms with Crippen molar-refractivity contribution in [1.29, 1.82) is 0 Å². The molecule has 1 fully saturated rings. The van der Waals surface area contributed by atoms with Gasteiger partial charge in [0, 0.05) is 6.54 Å². The number of amides is 1. The number of nitrogens with zero attached hydrogens (tertiary/aromatic N) is 1. The average molecular weight is 362 g/mol. The number of benzene rings is 1. The zero-order valence-electron chi connectivity index (χ0n) is 11.8. The van der Waals surface area contributed by atoms with Gasteiger partial charge in [0.25, 0.3) is 0 Å². The summed E-state index contributed by atoms with van der Waals surface area (Å²) in [7, 11) is -7.57. The summed E-state index contributed by atoms with van der Waals surface area (Å²) in [5, 5.41) is 8.53. The summed E-state index contributed by atoms with van der Waals surface area (Å²) in [4.78, 5) is 21.6. The van der Waals surface area contributed by atoms with Gasteiger partial charge in [0.15, 0.2) is 9.84 Å². The number of carbonyl (C=O) groups excluding carboxylic acids is 1. The van der Waals surface area contributed by atoms with E-state index in [4.69, 9.17) is 5.11 Å². The molecule has 0 aliphatic carbocycles. The molecule has 1 saturated heterocycles. The Morgan fingerprint density at radius 3 is 2.26 bits per heavy atom. The van der Waals surface area contributed by atoms with Gasteiger partial charge in [0.05, 0.1) is 12.3 Å². The van der Waals surface area contributed by atoms with Crippen molar-refractivity contribution < 1.29 is 31.5 Å². The van der Waals surface area contributed by atoms with Crippen molar-refractivity contribution in [3.05, 3.63) is 35.4 Å². The maximum atomic E-state index is 11.6. The van der Waals surface area contributed by atoms with Gasteiger partial charge in [-0.25, -0.2) is 13.1 Å². The van der Waals surface area contributed by atoms with Crippen molar-refractivity contribution in [2.75, 3.05) is 12.3 Å². The van der Waals surface area contributed by atoms with Crippen LogP contribution in [0.3, 0.4) is 0 Å². The number of rotatable bonds is 6. The van der Waals surface area contributed by atoms with Crippen LogP contribution in [0.15, 0.2) is 24.3 Å². The van der Waals surface area contributed by atoms with Crippen LogP contribution in [-0.2, 0) is 41.9 Å². The van der Waals surface area contributed by atoms with Crippen LogP contribution in [0.5, 0.6) is 0 Å². The highest BCUT2D eigenvalue weighted by Crippen LogP contribution is 2.14. The summed E-state index contributed by atoms with van der Waals surface area (Å²) in [6.45, 7) is -0.291. The number of carboxylic acid groups (broad SMARTS) is 1. The first-order valence-electron chi connectivity index (χ1n) is 6.38. The van der Waals surface area contributed by atoms with E-state index in [1.165, 1.54) is 24.3 Å². The second kappa shape index (κ2) is 6.26. The van der Waals surface area contributed by atoms with Crippen molar-refractivity contribution in [2.45, 2.75) is 12.3 Å². The zero-order chi connectivity index (χ0) is 17.3. The first-order chi connectivity index (χ1) is 10.6. The third-order valence-corrected chi connectivity index (χ3v) is 5.90. The van der Waals surface area contributed by atoms with Gasteiger partial charge in [0.2, 0.25) is 5.91 Å². The first-order valence-corrected chi connectivity index (χ1v) is 9.64. The van der Waals surface area contributed by atoms with E-state index in [1.807, 2.05) is 4.72 Å². The molecule has 1 amide bonds. The fourth-order valence-electron chi connectivity index (χ4n) is 2.06. The molecule has 1 aliphatic heterocycles. The summed E-state index contributed by atoms with van der Waals surface area (Å²) < 4.78 is 49.2. The molecule has 1 heterocycles. The van der Waals surface area contributed by atoms with Gasteiger partial charge in [-0.15, -0.1) is 0 Å². The Balaban J connectivity index is 2.06. The number of aliphatic carboxylic acids is 1. The van der Waals surface area contributed by atoms with E-state index in [-0.39, 0.29) is 13.1 Å². The molecule has 1 aromatic carbocycles. The van der Waals surface area contributed by atoms with Gasteiger partial charge in [-0.05, 0) is 11.1 Å². The molecule has 0 atom stereocenters. The van der Waals surface area contributed by atoms with E-state index < -0.39 is 43.4 Å². The Morgan fingerprint density at radius 1 is 1.22 bits per heavy atom. The third kappa shape index (κ3) is 4.74. The van der Waals surface area contributed by atoms with E-state index in [2.05, 4.69) is 0 Å². The van der Waals surface area contributed by atoms with Crippen LogP contribution in [0.25, 0.3) is 0 Å².